The number of rotatable bonds is 7. The van der Waals surface area contributed by atoms with E-state index in [1.54, 1.807) is 7.11 Å². The number of unbranched alkanes of at least 4 members (excludes halogenated alkanes) is 1. The second kappa shape index (κ2) is 7.66. The van der Waals surface area contributed by atoms with Gasteiger partial charge in [0.1, 0.15) is 11.9 Å². The van der Waals surface area contributed by atoms with Gasteiger partial charge < -0.3 is 15.2 Å². The summed E-state index contributed by atoms with van der Waals surface area (Å²) in [5, 5.41) is 7.33. The number of nitrogens with one attached hydrogen (secondary N) is 1. The van der Waals surface area contributed by atoms with Crippen molar-refractivity contribution >= 4 is 11.8 Å². The van der Waals surface area contributed by atoms with Gasteiger partial charge in [-0.25, -0.2) is 0 Å². The third-order valence-electron chi connectivity index (χ3n) is 5.94. The number of benzene rings is 2. The molecule has 1 saturated heterocycles. The van der Waals surface area contributed by atoms with Crippen molar-refractivity contribution in [2.45, 2.75) is 44.1 Å². The first kappa shape index (κ1) is 18.5. The van der Waals surface area contributed by atoms with E-state index < -0.39 is 0 Å². The molecule has 3 atom stereocenters. The molecule has 28 heavy (non-hydrogen) atoms. The number of esters is 1. The van der Waals surface area contributed by atoms with Gasteiger partial charge in [0.05, 0.1) is 18.9 Å². The van der Waals surface area contributed by atoms with Crippen LogP contribution in [-0.2, 0) is 16.0 Å². The SMILES string of the molecule is COc1cccc(-c2ccc3c(c2)C[C@@H]2OC(=O)C(CCCCC(=N)N)[C@@H]32)c1. The second-order valence-corrected chi connectivity index (χ2v) is 7.73. The first-order chi connectivity index (χ1) is 13.6. The highest BCUT2D eigenvalue weighted by Gasteiger charge is 2.49. The molecule has 1 aliphatic carbocycles. The van der Waals surface area contributed by atoms with E-state index in [4.69, 9.17) is 20.6 Å². The van der Waals surface area contributed by atoms with Crippen LogP contribution in [0.15, 0.2) is 42.5 Å². The fraction of sp³-hybridized carbons (Fsp3) is 0.391. The average molecular weight is 378 g/mol. The Hall–Kier alpha value is -2.82. The average Bonchev–Trinajstić information content (AvgIpc) is 3.19. The van der Waals surface area contributed by atoms with Crippen LogP contribution in [0.5, 0.6) is 5.75 Å². The van der Waals surface area contributed by atoms with E-state index in [9.17, 15) is 4.79 Å². The molecule has 0 radical (unpaired) electrons. The zero-order valence-electron chi connectivity index (χ0n) is 16.1. The van der Waals surface area contributed by atoms with Crippen molar-refractivity contribution in [1.82, 2.24) is 0 Å². The number of carbonyl (C=O) groups excluding carboxylic acids is 1. The highest BCUT2D eigenvalue weighted by atomic mass is 16.6. The normalized spacial score (nSPS) is 22.5. The van der Waals surface area contributed by atoms with Crippen LogP contribution in [0.2, 0.25) is 0 Å². The van der Waals surface area contributed by atoms with E-state index in [1.807, 2.05) is 18.2 Å². The van der Waals surface area contributed by atoms with Crippen molar-refractivity contribution in [3.63, 3.8) is 0 Å². The van der Waals surface area contributed by atoms with Crippen LogP contribution in [0, 0.1) is 11.3 Å². The zero-order chi connectivity index (χ0) is 19.7. The minimum Gasteiger partial charge on any atom is -0.497 e. The predicted octanol–water partition coefficient (Wildman–Crippen LogP) is 4.04. The van der Waals surface area contributed by atoms with Crippen LogP contribution in [-0.4, -0.2) is 25.0 Å². The molecule has 3 N–H and O–H groups in total. The van der Waals surface area contributed by atoms with Crippen LogP contribution in [0.25, 0.3) is 11.1 Å². The zero-order valence-corrected chi connectivity index (χ0v) is 16.1. The molecule has 0 saturated carbocycles. The van der Waals surface area contributed by atoms with Crippen molar-refractivity contribution in [3.05, 3.63) is 53.6 Å². The smallest absolute Gasteiger partial charge is 0.310 e. The fourth-order valence-corrected chi connectivity index (χ4v) is 4.59. The number of nitrogens with two attached hydrogens (primary N) is 1. The summed E-state index contributed by atoms with van der Waals surface area (Å²) in [6.45, 7) is 0. The molecule has 5 nitrogen and oxygen atoms in total. The summed E-state index contributed by atoms with van der Waals surface area (Å²) in [7, 11) is 1.67. The summed E-state index contributed by atoms with van der Waals surface area (Å²) in [5.41, 5.74) is 10.2. The Morgan fingerprint density at radius 3 is 2.82 bits per heavy atom. The van der Waals surface area contributed by atoms with Crippen LogP contribution in [0.3, 0.4) is 0 Å². The maximum Gasteiger partial charge on any atom is 0.310 e. The number of fused-ring (bicyclic) bond motifs is 3. The Labute approximate surface area is 165 Å². The van der Waals surface area contributed by atoms with Crippen LogP contribution in [0.1, 0.15) is 42.7 Å². The van der Waals surface area contributed by atoms with Gasteiger partial charge in [0.25, 0.3) is 0 Å². The van der Waals surface area contributed by atoms with Gasteiger partial charge in [0, 0.05) is 18.8 Å². The summed E-state index contributed by atoms with van der Waals surface area (Å²) in [6.07, 6.45) is 3.87. The molecule has 2 aromatic rings. The Bertz CT molecular complexity index is 908. The van der Waals surface area contributed by atoms with Crippen molar-refractivity contribution in [2.24, 2.45) is 11.7 Å². The molecule has 1 fully saturated rings. The van der Waals surface area contributed by atoms with E-state index in [-0.39, 0.29) is 29.7 Å². The Morgan fingerprint density at radius 2 is 2.04 bits per heavy atom. The standard InChI is InChI=1S/C23H26N2O3/c1-27-17-6-4-5-14(12-17)15-9-10-18-16(11-15)13-20-22(18)19(23(26)28-20)7-2-3-8-21(24)25/h4-6,9-12,19-20,22H,2-3,7-8,13H2,1H3,(H3,24,25)/t19?,20-,22+/m0/s1. The first-order valence-corrected chi connectivity index (χ1v) is 9.87. The van der Waals surface area contributed by atoms with Gasteiger partial charge in [-0.2, -0.15) is 0 Å². The quantitative estimate of drug-likeness (QED) is 0.329. The largest absolute Gasteiger partial charge is 0.497 e. The van der Waals surface area contributed by atoms with Gasteiger partial charge in [0.2, 0.25) is 0 Å². The number of amidine groups is 1. The molecule has 0 spiro atoms. The Balaban J connectivity index is 1.53. The predicted molar refractivity (Wildman–Crippen MR) is 109 cm³/mol. The van der Waals surface area contributed by atoms with Gasteiger partial charge >= 0.3 is 5.97 Å². The number of hydrogen-bond acceptors (Lipinski definition) is 4. The van der Waals surface area contributed by atoms with Gasteiger partial charge in [-0.1, -0.05) is 36.8 Å². The molecule has 0 bridgehead atoms. The van der Waals surface area contributed by atoms with E-state index in [1.165, 1.54) is 11.1 Å². The maximum absolute atomic E-state index is 12.4. The Morgan fingerprint density at radius 1 is 1.21 bits per heavy atom. The number of methoxy groups -OCH3 is 1. The summed E-state index contributed by atoms with van der Waals surface area (Å²) >= 11 is 0. The lowest BCUT2D eigenvalue weighted by molar-refractivity contribution is -0.144. The lowest BCUT2D eigenvalue weighted by Gasteiger charge is -2.16. The summed E-state index contributed by atoms with van der Waals surface area (Å²) in [4.78, 5) is 12.4. The summed E-state index contributed by atoms with van der Waals surface area (Å²) in [5.74, 6) is 1.05. The molecule has 5 heteroatoms. The van der Waals surface area contributed by atoms with Crippen molar-refractivity contribution in [2.75, 3.05) is 7.11 Å². The molecule has 1 unspecified atom stereocenters. The molecule has 146 valence electrons. The minimum atomic E-state index is -0.0825. The highest BCUT2D eigenvalue weighted by molar-refractivity contribution is 5.78. The molecule has 0 aromatic heterocycles. The molecule has 0 amide bonds. The van der Waals surface area contributed by atoms with Gasteiger partial charge in [-0.05, 0) is 47.2 Å². The van der Waals surface area contributed by atoms with Crippen LogP contribution < -0.4 is 10.5 Å². The van der Waals surface area contributed by atoms with Gasteiger partial charge in [-0.3, -0.25) is 10.2 Å². The highest BCUT2D eigenvalue weighted by Crippen LogP contribution is 2.48. The van der Waals surface area contributed by atoms with E-state index in [0.717, 1.165) is 42.6 Å². The van der Waals surface area contributed by atoms with Crippen molar-refractivity contribution < 1.29 is 14.3 Å². The van der Waals surface area contributed by atoms with Crippen LogP contribution in [0.4, 0.5) is 0 Å². The molecular formula is C23H26N2O3. The third kappa shape index (κ3) is 3.49. The summed E-state index contributed by atoms with van der Waals surface area (Å²) < 4.78 is 11.1. The fourth-order valence-electron chi connectivity index (χ4n) is 4.59. The monoisotopic (exact) mass is 378 g/mol. The van der Waals surface area contributed by atoms with Gasteiger partial charge in [0.15, 0.2) is 0 Å². The summed E-state index contributed by atoms with van der Waals surface area (Å²) in [6, 6.07) is 14.6. The molecular weight excluding hydrogens is 352 g/mol. The molecule has 2 aromatic carbocycles. The van der Waals surface area contributed by atoms with Crippen molar-refractivity contribution in [1.29, 1.82) is 5.41 Å². The molecule has 1 aliphatic heterocycles. The Kier molecular flexibility index (Phi) is 5.07. The van der Waals surface area contributed by atoms with Crippen LogP contribution >= 0.6 is 0 Å². The lowest BCUT2D eigenvalue weighted by Crippen LogP contribution is -2.15. The van der Waals surface area contributed by atoms with Crippen molar-refractivity contribution in [3.8, 4) is 16.9 Å². The topological polar surface area (TPSA) is 85.4 Å². The molecule has 2 aliphatic rings. The maximum atomic E-state index is 12.4. The van der Waals surface area contributed by atoms with E-state index in [0.29, 0.717) is 6.42 Å². The number of hydrogen-bond donors (Lipinski definition) is 2. The van der Waals surface area contributed by atoms with E-state index in [2.05, 4.69) is 24.3 Å². The minimum absolute atomic E-state index is 0.0409. The third-order valence-corrected chi connectivity index (χ3v) is 5.94. The lowest BCUT2D eigenvalue weighted by atomic mass is 9.84. The number of carbonyl (C=O) groups is 1. The number of ether oxygens (including phenoxy) is 2. The second-order valence-electron chi connectivity index (χ2n) is 7.73. The van der Waals surface area contributed by atoms with Gasteiger partial charge in [-0.15, -0.1) is 0 Å². The molecule has 1 heterocycles. The molecule has 4 rings (SSSR count). The first-order valence-electron chi connectivity index (χ1n) is 9.87. The van der Waals surface area contributed by atoms with E-state index >= 15 is 0 Å².